The molecule has 0 bridgehead atoms. The third-order valence-corrected chi connectivity index (χ3v) is 7.65. The minimum Gasteiger partial charge on any atom is -0.492 e. The van der Waals surface area contributed by atoms with Gasteiger partial charge in [0.2, 0.25) is 0 Å². The number of ether oxygens (including phenoxy) is 1. The Morgan fingerprint density at radius 2 is 1.60 bits per heavy atom. The van der Waals surface area contributed by atoms with Crippen molar-refractivity contribution in [2.45, 2.75) is 51.3 Å². The molecule has 2 N–H and O–H groups in total. The van der Waals surface area contributed by atoms with Crippen LogP contribution in [-0.4, -0.2) is 20.9 Å². The zero-order valence-electron chi connectivity index (χ0n) is 20.2. The minimum absolute atomic E-state index is 0.108. The van der Waals surface area contributed by atoms with Gasteiger partial charge in [0, 0.05) is 16.9 Å². The van der Waals surface area contributed by atoms with Gasteiger partial charge in [0.05, 0.1) is 16.0 Å². The Balaban J connectivity index is 1.61. The number of aryl methyl sites for hydroxylation is 2. The number of rotatable bonds is 11. The van der Waals surface area contributed by atoms with Crippen LogP contribution in [0.25, 0.3) is 0 Å². The van der Waals surface area contributed by atoms with E-state index in [1.54, 1.807) is 42.5 Å². The molecule has 1 amide bonds. The normalized spacial score (nSPS) is 11.2. The van der Waals surface area contributed by atoms with E-state index in [1.807, 2.05) is 19.9 Å². The second-order valence-electron chi connectivity index (χ2n) is 8.44. The lowest BCUT2D eigenvalue weighted by molar-refractivity contribution is 0.102. The van der Waals surface area contributed by atoms with E-state index in [-0.39, 0.29) is 10.8 Å². The van der Waals surface area contributed by atoms with Gasteiger partial charge < -0.3 is 10.1 Å². The second kappa shape index (κ2) is 12.2. The van der Waals surface area contributed by atoms with Gasteiger partial charge in [0.15, 0.2) is 0 Å². The van der Waals surface area contributed by atoms with E-state index in [9.17, 15) is 13.2 Å². The molecule has 3 aromatic rings. The van der Waals surface area contributed by atoms with Crippen molar-refractivity contribution in [1.29, 1.82) is 0 Å². The number of unbranched alkanes of at least 4 members (excludes halogenated alkanes) is 3. The first-order chi connectivity index (χ1) is 16.7. The third-order valence-electron chi connectivity index (χ3n) is 5.63. The number of sulfonamides is 1. The Morgan fingerprint density at radius 1 is 0.886 bits per heavy atom. The quantitative estimate of drug-likeness (QED) is 0.246. The number of amides is 1. The maximum absolute atomic E-state index is 12.7. The van der Waals surface area contributed by atoms with Gasteiger partial charge in [-0.25, -0.2) is 8.42 Å². The summed E-state index contributed by atoms with van der Waals surface area (Å²) in [5.41, 5.74) is 3.55. The highest BCUT2D eigenvalue weighted by atomic mass is 79.9. The lowest BCUT2D eigenvalue weighted by Crippen LogP contribution is -2.14. The molecule has 0 saturated heterocycles. The van der Waals surface area contributed by atoms with E-state index >= 15 is 0 Å². The molecular weight excluding hydrogens is 528 g/mol. The van der Waals surface area contributed by atoms with Crippen molar-refractivity contribution in [3.63, 3.8) is 0 Å². The number of anilines is 2. The molecule has 0 fully saturated rings. The van der Waals surface area contributed by atoms with Crippen molar-refractivity contribution in [1.82, 2.24) is 0 Å². The first-order valence-corrected chi connectivity index (χ1v) is 13.9. The fourth-order valence-corrected chi connectivity index (χ4v) is 4.95. The highest BCUT2D eigenvalue weighted by molar-refractivity contribution is 9.10. The molecule has 0 radical (unpaired) electrons. The Kier molecular flexibility index (Phi) is 9.34. The van der Waals surface area contributed by atoms with Crippen LogP contribution in [0, 0.1) is 13.8 Å². The van der Waals surface area contributed by atoms with Crippen LogP contribution in [0.4, 0.5) is 11.4 Å². The van der Waals surface area contributed by atoms with Crippen molar-refractivity contribution < 1.29 is 17.9 Å². The molecule has 6 nitrogen and oxygen atoms in total. The van der Waals surface area contributed by atoms with Gasteiger partial charge in [-0.15, -0.1) is 0 Å². The van der Waals surface area contributed by atoms with Crippen molar-refractivity contribution in [3.8, 4) is 5.75 Å². The van der Waals surface area contributed by atoms with Crippen LogP contribution in [0.15, 0.2) is 70.0 Å². The van der Waals surface area contributed by atoms with Crippen LogP contribution in [0.1, 0.15) is 54.1 Å². The summed E-state index contributed by atoms with van der Waals surface area (Å²) >= 11 is 3.47. The molecular formula is C27H31BrN2O4S. The molecule has 0 saturated carbocycles. The number of carbonyl (C=O) groups is 1. The van der Waals surface area contributed by atoms with Gasteiger partial charge in [-0.05, 0) is 102 Å². The Bertz CT molecular complexity index is 1270. The summed E-state index contributed by atoms with van der Waals surface area (Å²) < 4.78 is 34.6. The molecule has 186 valence electrons. The van der Waals surface area contributed by atoms with Gasteiger partial charge in [-0.1, -0.05) is 32.3 Å². The Labute approximate surface area is 216 Å². The zero-order chi connectivity index (χ0) is 25.4. The average Bonchev–Trinajstić information content (AvgIpc) is 2.82. The summed E-state index contributed by atoms with van der Waals surface area (Å²) in [6.07, 6.45) is 4.50. The molecule has 35 heavy (non-hydrogen) atoms. The number of nitrogens with one attached hydrogen (secondary N) is 2. The van der Waals surface area contributed by atoms with Gasteiger partial charge in [-0.3, -0.25) is 9.52 Å². The van der Waals surface area contributed by atoms with Crippen LogP contribution in [0.5, 0.6) is 5.75 Å². The molecule has 0 heterocycles. The monoisotopic (exact) mass is 558 g/mol. The van der Waals surface area contributed by atoms with Gasteiger partial charge >= 0.3 is 0 Å². The summed E-state index contributed by atoms with van der Waals surface area (Å²) in [5, 5.41) is 2.80. The van der Waals surface area contributed by atoms with E-state index in [4.69, 9.17) is 4.74 Å². The third kappa shape index (κ3) is 7.57. The minimum atomic E-state index is -3.75. The average molecular weight is 560 g/mol. The Morgan fingerprint density at radius 3 is 2.26 bits per heavy atom. The largest absolute Gasteiger partial charge is 0.492 e. The summed E-state index contributed by atoms with van der Waals surface area (Å²) in [4.78, 5) is 12.8. The number of carbonyl (C=O) groups excluding carboxylic acids is 1. The van der Waals surface area contributed by atoms with Crippen molar-refractivity contribution >= 4 is 43.2 Å². The van der Waals surface area contributed by atoms with E-state index in [0.717, 1.165) is 24.0 Å². The molecule has 3 aromatic carbocycles. The standard InChI is InChI=1S/C27H31BrN2O4S/c1-4-5-6-7-16-34-26-15-9-21(18-25(26)28)27(31)29-22-11-13-24(14-12-22)35(32,33)30-23-10-8-19(2)20(3)17-23/h8-15,17-18,30H,4-7,16H2,1-3H3,(H,29,31). The van der Waals surface area contributed by atoms with E-state index in [1.165, 1.54) is 25.0 Å². The number of hydrogen-bond donors (Lipinski definition) is 2. The van der Waals surface area contributed by atoms with Crippen LogP contribution in [0.2, 0.25) is 0 Å². The summed E-state index contributed by atoms with van der Waals surface area (Å²) in [6, 6.07) is 16.6. The maximum atomic E-state index is 12.7. The first kappa shape index (κ1) is 26.8. The molecule has 0 aromatic heterocycles. The highest BCUT2D eigenvalue weighted by Gasteiger charge is 2.15. The van der Waals surface area contributed by atoms with Crippen LogP contribution in [-0.2, 0) is 10.0 Å². The van der Waals surface area contributed by atoms with E-state index in [2.05, 4.69) is 32.9 Å². The lowest BCUT2D eigenvalue weighted by Gasteiger charge is -2.12. The molecule has 0 spiro atoms. The highest BCUT2D eigenvalue weighted by Crippen LogP contribution is 2.27. The van der Waals surface area contributed by atoms with Crippen LogP contribution < -0.4 is 14.8 Å². The lowest BCUT2D eigenvalue weighted by atomic mass is 10.1. The van der Waals surface area contributed by atoms with Gasteiger partial charge in [-0.2, -0.15) is 0 Å². The van der Waals surface area contributed by atoms with Crippen LogP contribution >= 0.6 is 15.9 Å². The molecule has 0 atom stereocenters. The maximum Gasteiger partial charge on any atom is 0.261 e. The smallest absolute Gasteiger partial charge is 0.261 e. The first-order valence-electron chi connectivity index (χ1n) is 11.6. The summed E-state index contributed by atoms with van der Waals surface area (Å²) in [5.74, 6) is 0.396. The molecule has 0 aliphatic heterocycles. The molecule has 0 aliphatic rings. The van der Waals surface area contributed by atoms with Gasteiger partial charge in [0.25, 0.3) is 15.9 Å². The van der Waals surface area contributed by atoms with Crippen molar-refractivity contribution in [2.24, 2.45) is 0 Å². The summed E-state index contributed by atoms with van der Waals surface area (Å²) in [6.45, 7) is 6.70. The van der Waals surface area contributed by atoms with E-state index in [0.29, 0.717) is 33.8 Å². The fourth-order valence-electron chi connectivity index (χ4n) is 3.41. The molecule has 0 aliphatic carbocycles. The number of benzene rings is 3. The predicted molar refractivity (Wildman–Crippen MR) is 145 cm³/mol. The van der Waals surface area contributed by atoms with Crippen molar-refractivity contribution in [3.05, 3.63) is 81.8 Å². The number of hydrogen-bond acceptors (Lipinski definition) is 4. The van der Waals surface area contributed by atoms with Crippen LogP contribution in [0.3, 0.4) is 0 Å². The predicted octanol–water partition coefficient (Wildman–Crippen LogP) is 7.08. The summed E-state index contributed by atoms with van der Waals surface area (Å²) in [7, 11) is -3.75. The fraction of sp³-hybridized carbons (Fsp3) is 0.296. The second-order valence-corrected chi connectivity index (χ2v) is 11.0. The van der Waals surface area contributed by atoms with E-state index < -0.39 is 10.0 Å². The Hall–Kier alpha value is -2.84. The number of halogens is 1. The zero-order valence-corrected chi connectivity index (χ0v) is 22.6. The molecule has 8 heteroatoms. The van der Waals surface area contributed by atoms with Crippen molar-refractivity contribution in [2.75, 3.05) is 16.6 Å². The topological polar surface area (TPSA) is 84.5 Å². The molecule has 0 unspecified atom stereocenters. The molecule has 3 rings (SSSR count). The SMILES string of the molecule is CCCCCCOc1ccc(C(=O)Nc2ccc(S(=O)(=O)Nc3ccc(C)c(C)c3)cc2)cc1Br. The van der Waals surface area contributed by atoms with Gasteiger partial charge in [0.1, 0.15) is 5.75 Å².